The molecule has 8 heteroatoms. The molecule has 1 N–H and O–H groups in total. The molecule has 7 nitrogen and oxygen atoms in total. The first-order valence-electron chi connectivity index (χ1n) is 6.13. The summed E-state index contributed by atoms with van der Waals surface area (Å²) in [4.78, 5) is 18.0. The maximum Gasteiger partial charge on any atom is 0.269 e. The van der Waals surface area contributed by atoms with Crippen LogP contribution in [0.25, 0.3) is 0 Å². The maximum absolute atomic E-state index is 10.6. The highest BCUT2D eigenvalue weighted by atomic mass is 35.5. The number of methoxy groups -OCH3 is 1. The lowest BCUT2D eigenvalue weighted by Gasteiger charge is -2.10. The van der Waals surface area contributed by atoms with Gasteiger partial charge in [0.25, 0.3) is 5.69 Å². The highest BCUT2D eigenvalue weighted by Crippen LogP contribution is 2.28. The first-order chi connectivity index (χ1) is 10.1. The lowest BCUT2D eigenvalue weighted by Crippen LogP contribution is -2.08. The molecule has 0 unspecified atom stereocenters. The molecule has 1 heterocycles. The van der Waals surface area contributed by atoms with Gasteiger partial charge in [0, 0.05) is 18.7 Å². The Morgan fingerprint density at radius 2 is 2.05 bits per heavy atom. The molecule has 1 aromatic carbocycles. The number of nitro groups is 1. The van der Waals surface area contributed by atoms with Gasteiger partial charge in [-0.15, -0.1) is 0 Å². The van der Waals surface area contributed by atoms with Gasteiger partial charge in [-0.2, -0.15) is 0 Å². The third kappa shape index (κ3) is 3.79. The second kappa shape index (κ2) is 6.85. The van der Waals surface area contributed by atoms with Crippen molar-refractivity contribution in [3.05, 3.63) is 51.4 Å². The molecule has 0 aliphatic rings. The van der Waals surface area contributed by atoms with Crippen molar-refractivity contribution >= 4 is 23.1 Å². The zero-order valence-electron chi connectivity index (χ0n) is 11.2. The summed E-state index contributed by atoms with van der Waals surface area (Å²) in [6, 6.07) is 6.42. The average molecular weight is 309 g/mol. The Labute approximate surface area is 126 Å². The van der Waals surface area contributed by atoms with Gasteiger partial charge in [-0.1, -0.05) is 23.7 Å². The number of aromatic nitrogens is 2. The normalized spacial score (nSPS) is 10.2. The fraction of sp³-hybridized carbons (Fsp3) is 0.231. The highest BCUT2D eigenvalue weighted by molar-refractivity contribution is 6.31. The van der Waals surface area contributed by atoms with Gasteiger partial charge in [-0.05, 0) is 12.0 Å². The van der Waals surface area contributed by atoms with Gasteiger partial charge in [0.1, 0.15) is 6.33 Å². The Hall–Kier alpha value is -2.41. The van der Waals surface area contributed by atoms with Crippen molar-refractivity contribution in [2.45, 2.75) is 6.42 Å². The first-order valence-corrected chi connectivity index (χ1v) is 6.51. The second-order valence-electron chi connectivity index (χ2n) is 4.15. The van der Waals surface area contributed by atoms with E-state index in [1.54, 1.807) is 12.1 Å². The molecule has 0 atom stereocenters. The van der Waals surface area contributed by atoms with Crippen LogP contribution < -0.4 is 10.1 Å². The number of benzene rings is 1. The molecule has 0 amide bonds. The standard InChI is InChI=1S/C13H13ClN4O3/c1-21-11-12(14)16-8-17-13(11)15-7-6-9-2-4-10(5-3-9)18(19)20/h2-5,8H,6-7H2,1H3,(H,15,16,17). The van der Waals surface area contributed by atoms with E-state index in [1.165, 1.54) is 25.6 Å². The number of hydrogen-bond acceptors (Lipinski definition) is 6. The summed E-state index contributed by atoms with van der Waals surface area (Å²) in [7, 11) is 1.49. The van der Waals surface area contributed by atoms with Crippen molar-refractivity contribution in [1.82, 2.24) is 9.97 Å². The van der Waals surface area contributed by atoms with Gasteiger partial charge >= 0.3 is 0 Å². The molecule has 2 rings (SSSR count). The number of nitro benzene ring substituents is 1. The molecular formula is C13H13ClN4O3. The van der Waals surface area contributed by atoms with E-state index in [0.717, 1.165) is 5.56 Å². The quantitative estimate of drug-likeness (QED) is 0.501. The molecule has 0 aliphatic carbocycles. The largest absolute Gasteiger partial charge is 0.490 e. The van der Waals surface area contributed by atoms with E-state index in [0.29, 0.717) is 24.5 Å². The molecule has 0 saturated heterocycles. The summed E-state index contributed by atoms with van der Waals surface area (Å²) >= 11 is 5.89. The average Bonchev–Trinajstić information content (AvgIpc) is 2.48. The van der Waals surface area contributed by atoms with Crippen molar-refractivity contribution in [2.75, 3.05) is 19.0 Å². The van der Waals surface area contributed by atoms with Crippen LogP contribution in [0.2, 0.25) is 5.15 Å². The summed E-state index contributed by atoms with van der Waals surface area (Å²) in [5, 5.41) is 13.9. The van der Waals surface area contributed by atoms with Crippen LogP contribution in [0.4, 0.5) is 11.5 Å². The fourth-order valence-electron chi connectivity index (χ4n) is 1.77. The van der Waals surface area contributed by atoms with Crippen molar-refractivity contribution in [1.29, 1.82) is 0 Å². The van der Waals surface area contributed by atoms with Gasteiger partial charge in [0.15, 0.2) is 16.7 Å². The third-order valence-electron chi connectivity index (χ3n) is 2.82. The van der Waals surface area contributed by atoms with Crippen LogP contribution in [0.15, 0.2) is 30.6 Å². The van der Waals surface area contributed by atoms with E-state index in [4.69, 9.17) is 16.3 Å². The Bertz CT molecular complexity index is 634. The molecule has 1 aromatic heterocycles. The molecule has 0 radical (unpaired) electrons. The summed E-state index contributed by atoms with van der Waals surface area (Å²) in [5.74, 6) is 0.905. The van der Waals surface area contributed by atoms with E-state index in [9.17, 15) is 10.1 Å². The van der Waals surface area contributed by atoms with E-state index < -0.39 is 4.92 Å². The van der Waals surface area contributed by atoms with Crippen LogP contribution in [-0.2, 0) is 6.42 Å². The predicted molar refractivity (Wildman–Crippen MR) is 78.9 cm³/mol. The van der Waals surface area contributed by atoms with Gasteiger partial charge in [0.05, 0.1) is 12.0 Å². The lowest BCUT2D eigenvalue weighted by atomic mass is 10.1. The highest BCUT2D eigenvalue weighted by Gasteiger charge is 2.09. The van der Waals surface area contributed by atoms with E-state index in [-0.39, 0.29) is 10.8 Å². The summed E-state index contributed by atoms with van der Waals surface area (Å²) in [6.07, 6.45) is 2.03. The third-order valence-corrected chi connectivity index (χ3v) is 3.09. The van der Waals surface area contributed by atoms with Crippen LogP contribution in [0.5, 0.6) is 5.75 Å². The topological polar surface area (TPSA) is 90.2 Å². The second-order valence-corrected chi connectivity index (χ2v) is 4.50. The number of rotatable bonds is 6. The molecule has 0 saturated carbocycles. The molecular weight excluding hydrogens is 296 g/mol. The Morgan fingerprint density at radius 1 is 1.33 bits per heavy atom. The number of anilines is 1. The van der Waals surface area contributed by atoms with Gasteiger partial charge in [-0.3, -0.25) is 10.1 Å². The molecule has 0 fully saturated rings. The van der Waals surface area contributed by atoms with Gasteiger partial charge in [0.2, 0.25) is 0 Å². The molecule has 21 heavy (non-hydrogen) atoms. The van der Waals surface area contributed by atoms with Crippen molar-refractivity contribution in [2.24, 2.45) is 0 Å². The Balaban J connectivity index is 1.95. The Morgan fingerprint density at radius 3 is 2.67 bits per heavy atom. The minimum atomic E-state index is -0.421. The number of halogens is 1. The van der Waals surface area contributed by atoms with E-state index in [1.807, 2.05) is 0 Å². The number of ether oxygens (including phenoxy) is 1. The first kappa shape index (κ1) is 15.0. The SMILES string of the molecule is COc1c(Cl)ncnc1NCCc1ccc([N+](=O)[O-])cc1. The molecule has 0 spiro atoms. The van der Waals surface area contributed by atoms with Crippen LogP contribution in [0.3, 0.4) is 0 Å². The molecule has 2 aromatic rings. The zero-order valence-corrected chi connectivity index (χ0v) is 12.0. The molecule has 0 aliphatic heterocycles. The number of nitrogens with zero attached hydrogens (tertiary/aromatic N) is 3. The predicted octanol–water partition coefficient (Wildman–Crippen LogP) is 2.70. The van der Waals surface area contributed by atoms with Crippen molar-refractivity contribution in [3.8, 4) is 5.75 Å². The Kier molecular flexibility index (Phi) is 4.89. The van der Waals surface area contributed by atoms with Crippen LogP contribution in [0.1, 0.15) is 5.56 Å². The maximum atomic E-state index is 10.6. The van der Waals surface area contributed by atoms with Crippen molar-refractivity contribution < 1.29 is 9.66 Å². The lowest BCUT2D eigenvalue weighted by molar-refractivity contribution is -0.384. The number of nitrogens with one attached hydrogen (secondary N) is 1. The number of non-ortho nitro benzene ring substituents is 1. The van der Waals surface area contributed by atoms with E-state index in [2.05, 4.69) is 15.3 Å². The van der Waals surface area contributed by atoms with Crippen LogP contribution in [0, 0.1) is 10.1 Å². The minimum absolute atomic E-state index is 0.0796. The fourth-order valence-corrected chi connectivity index (χ4v) is 1.98. The van der Waals surface area contributed by atoms with Crippen molar-refractivity contribution in [3.63, 3.8) is 0 Å². The summed E-state index contributed by atoms with van der Waals surface area (Å²) in [6.45, 7) is 0.585. The summed E-state index contributed by atoms with van der Waals surface area (Å²) in [5.41, 5.74) is 1.06. The minimum Gasteiger partial charge on any atom is -0.490 e. The van der Waals surface area contributed by atoms with Crippen LogP contribution in [-0.4, -0.2) is 28.5 Å². The number of hydrogen-bond donors (Lipinski definition) is 1. The van der Waals surface area contributed by atoms with E-state index >= 15 is 0 Å². The molecule has 110 valence electrons. The smallest absolute Gasteiger partial charge is 0.269 e. The summed E-state index contributed by atoms with van der Waals surface area (Å²) < 4.78 is 5.13. The van der Waals surface area contributed by atoms with Gasteiger partial charge < -0.3 is 10.1 Å². The van der Waals surface area contributed by atoms with Crippen LogP contribution >= 0.6 is 11.6 Å². The molecule has 0 bridgehead atoms. The van der Waals surface area contributed by atoms with Gasteiger partial charge in [-0.25, -0.2) is 9.97 Å². The zero-order chi connectivity index (χ0) is 15.2. The monoisotopic (exact) mass is 308 g/mol.